The Morgan fingerprint density at radius 1 is 1.18 bits per heavy atom. The maximum Gasteiger partial charge on any atom is 0.234 e. The van der Waals surface area contributed by atoms with Crippen molar-refractivity contribution in [1.29, 1.82) is 0 Å². The van der Waals surface area contributed by atoms with Crippen LogP contribution in [0.1, 0.15) is 25.7 Å². The molecule has 0 aromatic rings. The molecule has 1 rings (SSSR count). The molecular weight excluding hydrogens is 218 g/mol. The molecule has 1 fully saturated rings. The number of amides is 1. The van der Waals surface area contributed by atoms with E-state index in [1.54, 1.807) is 0 Å². The summed E-state index contributed by atoms with van der Waals surface area (Å²) in [5, 5.41) is 14.8. The molecule has 0 bridgehead atoms. The normalized spacial score (nSPS) is 17.0. The van der Waals surface area contributed by atoms with E-state index in [0.717, 1.165) is 58.4 Å². The van der Waals surface area contributed by atoms with Gasteiger partial charge in [0.15, 0.2) is 0 Å². The van der Waals surface area contributed by atoms with Gasteiger partial charge in [-0.2, -0.15) is 0 Å². The molecule has 17 heavy (non-hydrogen) atoms. The van der Waals surface area contributed by atoms with E-state index in [1.807, 2.05) is 0 Å². The fourth-order valence-electron chi connectivity index (χ4n) is 1.95. The molecule has 0 radical (unpaired) electrons. The maximum atomic E-state index is 11.6. The number of nitrogens with one attached hydrogen (secondary N) is 2. The zero-order valence-electron chi connectivity index (χ0n) is 10.6. The van der Waals surface area contributed by atoms with E-state index in [-0.39, 0.29) is 12.5 Å². The first-order valence-corrected chi connectivity index (χ1v) is 6.63. The Balaban J connectivity index is 1.93. The average molecular weight is 243 g/mol. The number of unbranched alkanes of at least 4 members (excludes halogenated alkanes) is 3. The molecule has 0 atom stereocenters. The summed E-state index contributed by atoms with van der Waals surface area (Å²) < 4.78 is 0. The summed E-state index contributed by atoms with van der Waals surface area (Å²) in [6.45, 7) is 5.45. The second kappa shape index (κ2) is 9.39. The molecule has 1 heterocycles. The van der Waals surface area contributed by atoms with Crippen LogP contribution in [0, 0.1) is 0 Å². The zero-order chi connectivity index (χ0) is 12.3. The third kappa shape index (κ3) is 7.31. The highest BCUT2D eigenvalue weighted by Crippen LogP contribution is 1.97. The summed E-state index contributed by atoms with van der Waals surface area (Å²) in [7, 11) is 0. The lowest BCUT2D eigenvalue weighted by atomic mass is 10.2. The van der Waals surface area contributed by atoms with Crippen LogP contribution in [0.2, 0.25) is 0 Å². The molecule has 0 aromatic carbocycles. The van der Waals surface area contributed by atoms with Gasteiger partial charge in [-0.15, -0.1) is 0 Å². The minimum absolute atomic E-state index is 0.133. The first-order chi connectivity index (χ1) is 8.33. The number of rotatable bonds is 8. The van der Waals surface area contributed by atoms with Crippen molar-refractivity contribution in [1.82, 2.24) is 15.5 Å². The predicted molar refractivity (Wildman–Crippen MR) is 67.9 cm³/mol. The van der Waals surface area contributed by atoms with E-state index in [2.05, 4.69) is 15.5 Å². The van der Waals surface area contributed by atoms with Gasteiger partial charge in [-0.1, -0.05) is 12.8 Å². The van der Waals surface area contributed by atoms with Gasteiger partial charge in [-0.05, 0) is 12.8 Å². The molecule has 100 valence electrons. The van der Waals surface area contributed by atoms with Crippen LogP contribution in [0.25, 0.3) is 0 Å². The Labute approximate surface area is 104 Å². The van der Waals surface area contributed by atoms with E-state index in [1.165, 1.54) is 0 Å². The van der Waals surface area contributed by atoms with E-state index >= 15 is 0 Å². The molecule has 0 spiro atoms. The predicted octanol–water partition coefficient (Wildman–Crippen LogP) is -0.439. The summed E-state index contributed by atoms with van der Waals surface area (Å²) in [5.74, 6) is 0.133. The van der Waals surface area contributed by atoms with Gasteiger partial charge >= 0.3 is 0 Å². The van der Waals surface area contributed by atoms with Crippen LogP contribution < -0.4 is 10.6 Å². The fraction of sp³-hybridized carbons (Fsp3) is 0.917. The number of carbonyl (C=O) groups excluding carboxylic acids is 1. The Bertz CT molecular complexity index is 206. The van der Waals surface area contributed by atoms with Crippen LogP contribution in [-0.4, -0.2) is 61.8 Å². The summed E-state index contributed by atoms with van der Waals surface area (Å²) in [5.41, 5.74) is 0. The molecule has 3 N–H and O–H groups in total. The van der Waals surface area contributed by atoms with Crippen molar-refractivity contribution in [3.8, 4) is 0 Å². The van der Waals surface area contributed by atoms with Gasteiger partial charge in [0.1, 0.15) is 0 Å². The van der Waals surface area contributed by atoms with Crippen molar-refractivity contribution >= 4 is 5.91 Å². The van der Waals surface area contributed by atoms with E-state index < -0.39 is 0 Å². The largest absolute Gasteiger partial charge is 0.396 e. The smallest absolute Gasteiger partial charge is 0.234 e. The molecule has 5 heteroatoms. The monoisotopic (exact) mass is 243 g/mol. The molecule has 1 aliphatic heterocycles. The van der Waals surface area contributed by atoms with Crippen molar-refractivity contribution in [2.24, 2.45) is 0 Å². The quantitative estimate of drug-likeness (QED) is 0.506. The molecule has 0 saturated carbocycles. The number of aliphatic hydroxyl groups is 1. The van der Waals surface area contributed by atoms with Crippen molar-refractivity contribution in [2.45, 2.75) is 25.7 Å². The summed E-state index contributed by atoms with van der Waals surface area (Å²) in [4.78, 5) is 13.8. The molecule has 0 aliphatic carbocycles. The number of carbonyl (C=O) groups is 1. The van der Waals surface area contributed by atoms with Gasteiger partial charge < -0.3 is 15.7 Å². The number of aliphatic hydroxyl groups excluding tert-OH is 1. The highest BCUT2D eigenvalue weighted by atomic mass is 16.2. The minimum atomic E-state index is 0.133. The van der Waals surface area contributed by atoms with Crippen LogP contribution in [-0.2, 0) is 4.79 Å². The lowest BCUT2D eigenvalue weighted by Crippen LogP contribution is -2.47. The van der Waals surface area contributed by atoms with Gasteiger partial charge in [0.2, 0.25) is 5.91 Å². The van der Waals surface area contributed by atoms with Gasteiger partial charge in [0.25, 0.3) is 0 Å². The van der Waals surface area contributed by atoms with E-state index in [9.17, 15) is 4.79 Å². The third-order valence-electron chi connectivity index (χ3n) is 2.98. The second-order valence-corrected chi connectivity index (χ2v) is 4.51. The van der Waals surface area contributed by atoms with Gasteiger partial charge in [-0.3, -0.25) is 9.69 Å². The standard InChI is InChI=1S/C12H25N3O2/c16-10-4-2-1-3-5-14-12(17)11-15-8-6-13-7-9-15/h13,16H,1-11H2,(H,14,17). The van der Waals surface area contributed by atoms with E-state index in [0.29, 0.717) is 6.54 Å². The third-order valence-corrected chi connectivity index (χ3v) is 2.98. The number of nitrogens with zero attached hydrogens (tertiary/aromatic N) is 1. The van der Waals surface area contributed by atoms with Crippen LogP contribution in [0.5, 0.6) is 0 Å². The van der Waals surface area contributed by atoms with Crippen molar-refractivity contribution in [2.75, 3.05) is 45.9 Å². The van der Waals surface area contributed by atoms with Crippen LogP contribution in [0.15, 0.2) is 0 Å². The topological polar surface area (TPSA) is 64.6 Å². The zero-order valence-corrected chi connectivity index (χ0v) is 10.6. The highest BCUT2D eigenvalue weighted by Gasteiger charge is 2.12. The average Bonchev–Trinajstić information content (AvgIpc) is 2.35. The van der Waals surface area contributed by atoms with Crippen LogP contribution in [0.3, 0.4) is 0 Å². The molecule has 1 saturated heterocycles. The summed E-state index contributed by atoms with van der Waals surface area (Å²) >= 11 is 0. The molecule has 1 amide bonds. The van der Waals surface area contributed by atoms with Gasteiger partial charge in [0.05, 0.1) is 6.54 Å². The van der Waals surface area contributed by atoms with Crippen molar-refractivity contribution in [3.05, 3.63) is 0 Å². The van der Waals surface area contributed by atoms with Crippen molar-refractivity contribution in [3.63, 3.8) is 0 Å². The highest BCUT2D eigenvalue weighted by molar-refractivity contribution is 5.77. The summed E-state index contributed by atoms with van der Waals surface area (Å²) in [6.07, 6.45) is 4.00. The van der Waals surface area contributed by atoms with Crippen LogP contribution in [0.4, 0.5) is 0 Å². The van der Waals surface area contributed by atoms with E-state index in [4.69, 9.17) is 5.11 Å². The van der Waals surface area contributed by atoms with Gasteiger partial charge in [0, 0.05) is 39.3 Å². The molecule has 0 aromatic heterocycles. The molecular formula is C12H25N3O2. The molecule has 0 unspecified atom stereocenters. The molecule has 1 aliphatic rings. The Morgan fingerprint density at radius 3 is 2.59 bits per heavy atom. The number of piperazine rings is 1. The molecule has 5 nitrogen and oxygen atoms in total. The number of hydrogen-bond donors (Lipinski definition) is 3. The maximum absolute atomic E-state index is 11.6. The Hall–Kier alpha value is -0.650. The SMILES string of the molecule is O=C(CN1CCNCC1)NCCCCCCO. The van der Waals surface area contributed by atoms with Gasteiger partial charge in [-0.25, -0.2) is 0 Å². The fourth-order valence-corrected chi connectivity index (χ4v) is 1.95. The summed E-state index contributed by atoms with van der Waals surface area (Å²) in [6, 6.07) is 0. The van der Waals surface area contributed by atoms with Crippen molar-refractivity contribution < 1.29 is 9.90 Å². The first kappa shape index (κ1) is 14.4. The first-order valence-electron chi connectivity index (χ1n) is 6.63. The minimum Gasteiger partial charge on any atom is -0.396 e. The Morgan fingerprint density at radius 2 is 1.88 bits per heavy atom. The lowest BCUT2D eigenvalue weighted by Gasteiger charge is -2.26. The Kier molecular flexibility index (Phi) is 7.96. The number of hydrogen-bond acceptors (Lipinski definition) is 4. The lowest BCUT2D eigenvalue weighted by molar-refractivity contribution is -0.122. The van der Waals surface area contributed by atoms with Crippen LogP contribution >= 0.6 is 0 Å². The second-order valence-electron chi connectivity index (χ2n) is 4.51.